The highest BCUT2D eigenvalue weighted by molar-refractivity contribution is 5.99. The van der Waals surface area contributed by atoms with Crippen LogP contribution in [0.25, 0.3) is 0 Å². The fourth-order valence-corrected chi connectivity index (χ4v) is 3.02. The van der Waals surface area contributed by atoms with Gasteiger partial charge in [0.05, 0.1) is 4.92 Å². The number of hydrogen-bond donors (Lipinski definition) is 1. The number of carbonyl (C=O) groups excluding carboxylic acids is 1. The summed E-state index contributed by atoms with van der Waals surface area (Å²) in [5, 5.41) is 11.1. The molecular weight excluding hydrogens is 270 g/mol. The highest BCUT2D eigenvalue weighted by atomic mass is 16.6. The van der Waals surface area contributed by atoms with Gasteiger partial charge >= 0.3 is 0 Å². The maximum absolute atomic E-state index is 12.7. The summed E-state index contributed by atoms with van der Waals surface area (Å²) in [5.41, 5.74) is 5.94. The maximum Gasteiger partial charge on any atom is 0.282 e. The van der Waals surface area contributed by atoms with Crippen molar-refractivity contribution in [1.82, 2.24) is 4.90 Å². The Hall–Kier alpha value is -2.11. The van der Waals surface area contributed by atoms with Crippen LogP contribution < -0.4 is 5.73 Å². The molecule has 0 radical (unpaired) electrons. The second-order valence-corrected chi connectivity index (χ2v) is 6.05. The molecule has 0 spiro atoms. The van der Waals surface area contributed by atoms with Crippen LogP contribution in [-0.4, -0.2) is 28.3 Å². The van der Waals surface area contributed by atoms with Crippen LogP contribution in [0.3, 0.4) is 0 Å². The molecule has 1 aromatic rings. The zero-order chi connectivity index (χ0) is 15.7. The largest absolute Gasteiger partial charge is 0.399 e. The Morgan fingerprint density at radius 3 is 2.67 bits per heavy atom. The Labute approximate surface area is 124 Å². The third-order valence-corrected chi connectivity index (χ3v) is 4.31. The van der Waals surface area contributed by atoms with Gasteiger partial charge in [0, 0.05) is 24.3 Å². The highest BCUT2D eigenvalue weighted by Gasteiger charge is 2.34. The summed E-state index contributed by atoms with van der Waals surface area (Å²) in [6.45, 7) is 6.81. The fraction of sp³-hybridized carbons (Fsp3) is 0.533. The third-order valence-electron chi connectivity index (χ3n) is 4.31. The summed E-state index contributed by atoms with van der Waals surface area (Å²) in [6, 6.07) is 4.20. The van der Waals surface area contributed by atoms with Gasteiger partial charge in [0.25, 0.3) is 11.6 Å². The van der Waals surface area contributed by atoms with E-state index >= 15 is 0 Å². The van der Waals surface area contributed by atoms with Crippen molar-refractivity contribution in [3.05, 3.63) is 33.9 Å². The number of nitro benzene ring substituents is 1. The average molecular weight is 291 g/mol. The molecule has 1 aliphatic rings. The van der Waals surface area contributed by atoms with E-state index in [1.54, 1.807) is 4.90 Å². The van der Waals surface area contributed by atoms with E-state index in [0.717, 1.165) is 6.42 Å². The van der Waals surface area contributed by atoms with Crippen LogP contribution in [0, 0.1) is 22.0 Å². The molecule has 1 heterocycles. The smallest absolute Gasteiger partial charge is 0.282 e. The van der Waals surface area contributed by atoms with Crippen molar-refractivity contribution >= 4 is 17.3 Å². The molecule has 1 amide bonds. The lowest BCUT2D eigenvalue weighted by atomic mass is 9.85. The summed E-state index contributed by atoms with van der Waals surface area (Å²) in [6.07, 6.45) is 1.06. The van der Waals surface area contributed by atoms with Crippen LogP contribution in [-0.2, 0) is 0 Å². The minimum Gasteiger partial charge on any atom is -0.399 e. The Balaban J connectivity index is 2.39. The third kappa shape index (κ3) is 2.99. The number of rotatable bonds is 2. The van der Waals surface area contributed by atoms with Gasteiger partial charge in [0.1, 0.15) is 5.56 Å². The van der Waals surface area contributed by atoms with E-state index in [2.05, 4.69) is 13.8 Å². The van der Waals surface area contributed by atoms with Crippen molar-refractivity contribution in [2.75, 3.05) is 12.3 Å². The number of benzene rings is 1. The van der Waals surface area contributed by atoms with Crippen LogP contribution >= 0.6 is 0 Å². The fourth-order valence-electron chi connectivity index (χ4n) is 3.02. The van der Waals surface area contributed by atoms with Crippen molar-refractivity contribution in [2.45, 2.75) is 33.2 Å². The minimum atomic E-state index is -0.534. The van der Waals surface area contributed by atoms with Crippen molar-refractivity contribution in [2.24, 2.45) is 11.8 Å². The van der Waals surface area contributed by atoms with Gasteiger partial charge in [0.2, 0.25) is 0 Å². The van der Waals surface area contributed by atoms with E-state index in [1.165, 1.54) is 18.2 Å². The summed E-state index contributed by atoms with van der Waals surface area (Å²) in [4.78, 5) is 25.1. The molecule has 6 heteroatoms. The Morgan fingerprint density at radius 1 is 1.38 bits per heavy atom. The van der Waals surface area contributed by atoms with Gasteiger partial charge in [-0.2, -0.15) is 0 Å². The number of carbonyl (C=O) groups is 1. The Kier molecular flexibility index (Phi) is 4.16. The maximum atomic E-state index is 12.7. The monoisotopic (exact) mass is 291 g/mol. The first-order valence-corrected chi connectivity index (χ1v) is 7.16. The lowest BCUT2D eigenvalue weighted by Gasteiger charge is -2.41. The molecule has 3 atom stereocenters. The van der Waals surface area contributed by atoms with Gasteiger partial charge in [-0.05, 0) is 37.3 Å². The van der Waals surface area contributed by atoms with E-state index in [-0.39, 0.29) is 23.2 Å². The van der Waals surface area contributed by atoms with Crippen molar-refractivity contribution in [3.63, 3.8) is 0 Å². The van der Waals surface area contributed by atoms with Crippen molar-refractivity contribution in [1.29, 1.82) is 0 Å². The molecule has 3 unspecified atom stereocenters. The topological polar surface area (TPSA) is 89.5 Å². The molecule has 6 nitrogen and oxygen atoms in total. The first-order chi connectivity index (χ1) is 9.81. The van der Waals surface area contributed by atoms with Gasteiger partial charge in [-0.25, -0.2) is 0 Å². The normalized spacial score (nSPS) is 25.7. The number of nitrogen functional groups attached to an aromatic ring is 1. The van der Waals surface area contributed by atoms with Crippen LogP contribution in [0.5, 0.6) is 0 Å². The second-order valence-electron chi connectivity index (χ2n) is 6.05. The lowest BCUT2D eigenvalue weighted by Crippen LogP contribution is -2.49. The van der Waals surface area contributed by atoms with Gasteiger partial charge in [-0.3, -0.25) is 14.9 Å². The van der Waals surface area contributed by atoms with Crippen LogP contribution in [0.4, 0.5) is 11.4 Å². The number of amides is 1. The molecular formula is C15H21N3O3. The SMILES string of the molecule is CC1CC(C)C(C)N(C(=O)c2cc(N)ccc2[N+](=O)[O-])C1. The molecule has 0 saturated carbocycles. The number of hydrogen-bond acceptors (Lipinski definition) is 4. The Bertz CT molecular complexity index is 573. The van der Waals surface area contributed by atoms with E-state index in [1.807, 2.05) is 6.92 Å². The minimum absolute atomic E-state index is 0.0646. The van der Waals surface area contributed by atoms with Gasteiger partial charge < -0.3 is 10.6 Å². The zero-order valence-electron chi connectivity index (χ0n) is 12.6. The number of nitrogens with zero attached hydrogens (tertiary/aromatic N) is 2. The predicted molar refractivity (Wildman–Crippen MR) is 81.0 cm³/mol. The molecule has 1 saturated heterocycles. The highest BCUT2D eigenvalue weighted by Crippen LogP contribution is 2.30. The quantitative estimate of drug-likeness (QED) is 0.515. The molecule has 2 N–H and O–H groups in total. The summed E-state index contributed by atoms with van der Waals surface area (Å²) in [5.74, 6) is 0.456. The molecule has 0 aliphatic carbocycles. The zero-order valence-corrected chi connectivity index (χ0v) is 12.6. The number of nitro groups is 1. The van der Waals surface area contributed by atoms with E-state index < -0.39 is 4.92 Å². The first-order valence-electron chi connectivity index (χ1n) is 7.16. The van der Waals surface area contributed by atoms with E-state index in [0.29, 0.717) is 24.1 Å². The molecule has 1 aromatic carbocycles. The molecule has 0 bridgehead atoms. The Morgan fingerprint density at radius 2 is 2.05 bits per heavy atom. The lowest BCUT2D eigenvalue weighted by molar-refractivity contribution is -0.385. The standard InChI is InChI=1S/C15H21N3O3/c1-9-6-10(2)11(3)17(8-9)15(19)13-7-12(16)4-5-14(13)18(20)21/h4-5,7,9-11H,6,8,16H2,1-3H3. The van der Waals surface area contributed by atoms with E-state index in [9.17, 15) is 14.9 Å². The first kappa shape index (κ1) is 15.3. The second kappa shape index (κ2) is 5.71. The predicted octanol–water partition coefficient (Wildman–Crippen LogP) is 2.68. The molecule has 1 fully saturated rings. The number of piperidine rings is 1. The molecule has 114 valence electrons. The van der Waals surface area contributed by atoms with Gasteiger partial charge in [0.15, 0.2) is 0 Å². The molecule has 1 aliphatic heterocycles. The van der Waals surface area contributed by atoms with Crippen molar-refractivity contribution < 1.29 is 9.72 Å². The summed E-state index contributed by atoms with van der Waals surface area (Å²) >= 11 is 0. The van der Waals surface area contributed by atoms with Crippen LogP contribution in [0.2, 0.25) is 0 Å². The van der Waals surface area contributed by atoms with Gasteiger partial charge in [-0.1, -0.05) is 13.8 Å². The summed E-state index contributed by atoms with van der Waals surface area (Å²) in [7, 11) is 0. The van der Waals surface area contributed by atoms with Crippen LogP contribution in [0.15, 0.2) is 18.2 Å². The van der Waals surface area contributed by atoms with Crippen molar-refractivity contribution in [3.8, 4) is 0 Å². The number of anilines is 1. The molecule has 21 heavy (non-hydrogen) atoms. The van der Waals surface area contributed by atoms with Crippen LogP contribution in [0.1, 0.15) is 37.6 Å². The number of nitrogens with two attached hydrogens (primary N) is 1. The number of likely N-dealkylation sites (tertiary alicyclic amines) is 1. The van der Waals surface area contributed by atoms with E-state index in [4.69, 9.17) is 5.73 Å². The summed E-state index contributed by atoms with van der Waals surface area (Å²) < 4.78 is 0. The molecule has 0 aromatic heterocycles. The average Bonchev–Trinajstić information content (AvgIpc) is 2.41. The molecule has 2 rings (SSSR count). The van der Waals surface area contributed by atoms with Gasteiger partial charge in [-0.15, -0.1) is 0 Å².